The minimum atomic E-state index is -0.0960. The molecule has 0 fully saturated rings. The Labute approximate surface area is 112 Å². The molecule has 19 heavy (non-hydrogen) atoms. The van der Waals surface area contributed by atoms with Crippen molar-refractivity contribution < 1.29 is 4.79 Å². The maximum absolute atomic E-state index is 12.2. The van der Waals surface area contributed by atoms with Crippen molar-refractivity contribution in [2.45, 2.75) is 13.0 Å². The van der Waals surface area contributed by atoms with Crippen LogP contribution in [0.1, 0.15) is 28.9 Å². The molecule has 0 aliphatic rings. The van der Waals surface area contributed by atoms with E-state index >= 15 is 0 Å². The number of amides is 1. The summed E-state index contributed by atoms with van der Waals surface area (Å²) in [5, 5.41) is 5.98. The van der Waals surface area contributed by atoms with Gasteiger partial charge in [-0.1, -0.05) is 18.2 Å². The van der Waals surface area contributed by atoms with Crippen LogP contribution in [0.2, 0.25) is 0 Å². The molecule has 98 valence electrons. The van der Waals surface area contributed by atoms with Crippen LogP contribution in [0.5, 0.6) is 0 Å². The van der Waals surface area contributed by atoms with Crippen LogP contribution in [0.3, 0.4) is 0 Å². The number of carbonyl (C=O) groups is 1. The van der Waals surface area contributed by atoms with E-state index in [4.69, 9.17) is 0 Å². The molecule has 4 heteroatoms. The Hall–Kier alpha value is -2.36. The first-order valence-electron chi connectivity index (χ1n) is 6.20. The quantitative estimate of drug-likeness (QED) is 0.883. The van der Waals surface area contributed by atoms with E-state index in [2.05, 4.69) is 15.6 Å². The van der Waals surface area contributed by atoms with Crippen molar-refractivity contribution in [2.75, 3.05) is 12.4 Å². The monoisotopic (exact) mass is 255 g/mol. The topological polar surface area (TPSA) is 54.0 Å². The second-order valence-corrected chi connectivity index (χ2v) is 4.28. The lowest BCUT2D eigenvalue weighted by atomic mass is 10.1. The number of hydrogen-bond acceptors (Lipinski definition) is 3. The molecular formula is C15H17N3O. The summed E-state index contributed by atoms with van der Waals surface area (Å²) in [5.41, 5.74) is 2.44. The standard InChI is InChI=1S/C15H17N3O/c1-11(12-6-5-9-17-10-12)18-15(19)13-7-3-4-8-14(13)16-2/h3-11,16H,1-2H3,(H,18,19)/t11-/m1/s1. The summed E-state index contributed by atoms with van der Waals surface area (Å²) >= 11 is 0. The minimum Gasteiger partial charge on any atom is -0.387 e. The molecule has 0 aliphatic carbocycles. The summed E-state index contributed by atoms with van der Waals surface area (Å²) in [6.07, 6.45) is 3.48. The third-order valence-corrected chi connectivity index (χ3v) is 2.97. The summed E-state index contributed by atoms with van der Waals surface area (Å²) in [7, 11) is 1.80. The van der Waals surface area contributed by atoms with E-state index in [0.29, 0.717) is 5.56 Å². The first kappa shape index (κ1) is 13.1. The lowest BCUT2D eigenvalue weighted by Gasteiger charge is -2.15. The van der Waals surface area contributed by atoms with Crippen molar-refractivity contribution in [3.63, 3.8) is 0 Å². The molecule has 1 heterocycles. The molecule has 0 unspecified atom stereocenters. The zero-order chi connectivity index (χ0) is 13.7. The first-order valence-corrected chi connectivity index (χ1v) is 6.20. The fraction of sp³-hybridized carbons (Fsp3) is 0.200. The molecule has 1 aromatic heterocycles. The first-order chi connectivity index (χ1) is 9.22. The van der Waals surface area contributed by atoms with Crippen molar-refractivity contribution >= 4 is 11.6 Å². The highest BCUT2D eigenvalue weighted by molar-refractivity contribution is 5.99. The molecule has 2 aromatic rings. The number of nitrogens with zero attached hydrogens (tertiary/aromatic N) is 1. The number of para-hydroxylation sites is 1. The van der Waals surface area contributed by atoms with Gasteiger partial charge < -0.3 is 10.6 Å². The van der Waals surface area contributed by atoms with Gasteiger partial charge in [-0.25, -0.2) is 0 Å². The van der Waals surface area contributed by atoms with Gasteiger partial charge in [-0.15, -0.1) is 0 Å². The Kier molecular flexibility index (Phi) is 4.13. The molecule has 0 radical (unpaired) electrons. The Morgan fingerprint density at radius 2 is 2.00 bits per heavy atom. The van der Waals surface area contributed by atoms with E-state index in [1.54, 1.807) is 25.5 Å². The summed E-state index contributed by atoms with van der Waals surface area (Å²) in [5.74, 6) is -0.0960. The number of rotatable bonds is 4. The summed E-state index contributed by atoms with van der Waals surface area (Å²) in [6.45, 7) is 1.94. The molecule has 2 rings (SSSR count). The second-order valence-electron chi connectivity index (χ2n) is 4.28. The van der Waals surface area contributed by atoms with Gasteiger partial charge in [0.25, 0.3) is 5.91 Å². The summed E-state index contributed by atoms with van der Waals surface area (Å²) in [6, 6.07) is 11.2. The fourth-order valence-corrected chi connectivity index (χ4v) is 1.89. The lowest BCUT2D eigenvalue weighted by Crippen LogP contribution is -2.27. The Balaban J connectivity index is 2.13. The Morgan fingerprint density at radius 1 is 1.21 bits per heavy atom. The molecule has 0 bridgehead atoms. The third-order valence-electron chi connectivity index (χ3n) is 2.97. The van der Waals surface area contributed by atoms with Crippen LogP contribution in [0.25, 0.3) is 0 Å². The number of anilines is 1. The van der Waals surface area contributed by atoms with Gasteiger partial charge in [-0.2, -0.15) is 0 Å². The van der Waals surface area contributed by atoms with Crippen LogP contribution in [-0.2, 0) is 0 Å². The van der Waals surface area contributed by atoms with Crippen LogP contribution in [0.15, 0.2) is 48.8 Å². The van der Waals surface area contributed by atoms with E-state index in [-0.39, 0.29) is 11.9 Å². The van der Waals surface area contributed by atoms with Gasteiger partial charge in [0.05, 0.1) is 11.6 Å². The highest BCUT2D eigenvalue weighted by atomic mass is 16.1. The number of nitrogens with one attached hydrogen (secondary N) is 2. The van der Waals surface area contributed by atoms with Crippen LogP contribution < -0.4 is 10.6 Å². The van der Waals surface area contributed by atoms with Gasteiger partial charge in [0, 0.05) is 25.1 Å². The zero-order valence-corrected chi connectivity index (χ0v) is 11.1. The van der Waals surface area contributed by atoms with Gasteiger partial charge in [0.1, 0.15) is 0 Å². The lowest BCUT2D eigenvalue weighted by molar-refractivity contribution is 0.0940. The van der Waals surface area contributed by atoms with Crippen LogP contribution in [-0.4, -0.2) is 17.9 Å². The Bertz CT molecular complexity index is 554. The molecule has 1 aromatic carbocycles. The van der Waals surface area contributed by atoms with Crippen molar-refractivity contribution in [1.82, 2.24) is 10.3 Å². The maximum atomic E-state index is 12.2. The van der Waals surface area contributed by atoms with E-state index in [1.165, 1.54) is 0 Å². The van der Waals surface area contributed by atoms with Crippen LogP contribution >= 0.6 is 0 Å². The van der Waals surface area contributed by atoms with Gasteiger partial charge in [-0.3, -0.25) is 9.78 Å². The summed E-state index contributed by atoms with van der Waals surface area (Å²) in [4.78, 5) is 16.3. The molecule has 0 saturated carbocycles. The fourth-order valence-electron chi connectivity index (χ4n) is 1.89. The number of benzene rings is 1. The van der Waals surface area contributed by atoms with E-state index in [1.807, 2.05) is 37.3 Å². The minimum absolute atomic E-state index is 0.0777. The van der Waals surface area contributed by atoms with E-state index in [9.17, 15) is 4.79 Å². The molecule has 0 aliphatic heterocycles. The molecular weight excluding hydrogens is 238 g/mol. The molecule has 2 N–H and O–H groups in total. The predicted molar refractivity (Wildman–Crippen MR) is 76.1 cm³/mol. The van der Waals surface area contributed by atoms with Gasteiger partial charge in [0.15, 0.2) is 0 Å². The van der Waals surface area contributed by atoms with E-state index < -0.39 is 0 Å². The average Bonchev–Trinajstić information content (AvgIpc) is 2.48. The van der Waals surface area contributed by atoms with Crippen LogP contribution in [0.4, 0.5) is 5.69 Å². The van der Waals surface area contributed by atoms with Gasteiger partial charge in [-0.05, 0) is 30.7 Å². The number of aromatic nitrogens is 1. The largest absolute Gasteiger partial charge is 0.387 e. The van der Waals surface area contributed by atoms with E-state index in [0.717, 1.165) is 11.3 Å². The molecule has 1 atom stereocenters. The van der Waals surface area contributed by atoms with Crippen molar-refractivity contribution in [3.05, 3.63) is 59.9 Å². The third kappa shape index (κ3) is 3.10. The molecule has 4 nitrogen and oxygen atoms in total. The van der Waals surface area contributed by atoms with Crippen molar-refractivity contribution in [3.8, 4) is 0 Å². The number of pyridine rings is 1. The predicted octanol–water partition coefficient (Wildman–Crippen LogP) is 2.61. The van der Waals surface area contributed by atoms with Crippen molar-refractivity contribution in [2.24, 2.45) is 0 Å². The maximum Gasteiger partial charge on any atom is 0.253 e. The normalized spacial score (nSPS) is 11.7. The molecule has 1 amide bonds. The molecule has 0 spiro atoms. The SMILES string of the molecule is CNc1ccccc1C(=O)N[C@H](C)c1cccnc1. The second kappa shape index (κ2) is 6.00. The number of hydrogen-bond donors (Lipinski definition) is 2. The summed E-state index contributed by atoms with van der Waals surface area (Å²) < 4.78 is 0. The number of carbonyl (C=O) groups excluding carboxylic acids is 1. The zero-order valence-electron chi connectivity index (χ0n) is 11.1. The Morgan fingerprint density at radius 3 is 2.68 bits per heavy atom. The molecule has 0 saturated heterocycles. The smallest absolute Gasteiger partial charge is 0.253 e. The van der Waals surface area contributed by atoms with Crippen LogP contribution in [0, 0.1) is 0 Å². The highest BCUT2D eigenvalue weighted by Crippen LogP contribution is 2.16. The van der Waals surface area contributed by atoms with Crippen molar-refractivity contribution in [1.29, 1.82) is 0 Å². The van der Waals surface area contributed by atoms with Gasteiger partial charge in [0.2, 0.25) is 0 Å². The highest BCUT2D eigenvalue weighted by Gasteiger charge is 2.13. The average molecular weight is 255 g/mol. The van der Waals surface area contributed by atoms with Gasteiger partial charge >= 0.3 is 0 Å².